The fourth-order valence-electron chi connectivity index (χ4n) is 2.91. The summed E-state index contributed by atoms with van der Waals surface area (Å²) in [5.41, 5.74) is 3.34. The van der Waals surface area contributed by atoms with Crippen molar-refractivity contribution in [2.45, 2.75) is 18.3 Å². The van der Waals surface area contributed by atoms with E-state index in [1.165, 1.54) is 11.8 Å². The van der Waals surface area contributed by atoms with Crippen molar-refractivity contribution in [3.05, 3.63) is 50.9 Å². The highest BCUT2D eigenvalue weighted by atomic mass is 79.9. The Balaban J connectivity index is 1.83. The summed E-state index contributed by atoms with van der Waals surface area (Å²) in [5.74, 6) is 2.04. The van der Waals surface area contributed by atoms with Crippen molar-refractivity contribution in [2.75, 3.05) is 18.2 Å². The molecular weight excluding hydrogens is 508 g/mol. The molecule has 0 unspecified atom stereocenters. The first-order valence-electron chi connectivity index (χ1n) is 8.53. The summed E-state index contributed by atoms with van der Waals surface area (Å²) < 4.78 is 13.3. The SMILES string of the molecule is CCSc1nnc2c(n1)O[C@H](c1cc(Br)c(OC)c(Br)c1)Nc1ccccc1-2. The summed E-state index contributed by atoms with van der Waals surface area (Å²) in [6.45, 7) is 2.05. The molecule has 3 aromatic rings. The van der Waals surface area contributed by atoms with Gasteiger partial charge >= 0.3 is 0 Å². The average Bonchev–Trinajstić information content (AvgIpc) is 2.84. The van der Waals surface area contributed by atoms with Crippen LogP contribution in [0.4, 0.5) is 5.69 Å². The van der Waals surface area contributed by atoms with Crippen LogP contribution in [0.3, 0.4) is 0 Å². The summed E-state index contributed by atoms with van der Waals surface area (Å²) in [6, 6.07) is 11.8. The van der Waals surface area contributed by atoms with Crippen LogP contribution in [0.1, 0.15) is 18.7 Å². The number of benzene rings is 2. The number of methoxy groups -OCH3 is 1. The van der Waals surface area contributed by atoms with E-state index in [0.717, 1.165) is 37.3 Å². The molecule has 0 saturated carbocycles. The number of rotatable bonds is 4. The summed E-state index contributed by atoms with van der Waals surface area (Å²) in [4.78, 5) is 4.60. The maximum absolute atomic E-state index is 6.28. The predicted octanol–water partition coefficient (Wildman–Crippen LogP) is 5.69. The number of hydrogen-bond donors (Lipinski definition) is 1. The fourth-order valence-corrected chi connectivity index (χ4v) is 4.96. The van der Waals surface area contributed by atoms with E-state index < -0.39 is 6.23 Å². The second-order valence-electron chi connectivity index (χ2n) is 5.89. The molecule has 2 aromatic carbocycles. The molecule has 6 nitrogen and oxygen atoms in total. The Hall–Kier alpha value is -1.84. The second kappa shape index (κ2) is 8.26. The van der Waals surface area contributed by atoms with E-state index >= 15 is 0 Å². The third-order valence-corrected chi connectivity index (χ3v) is 6.03. The molecule has 1 aliphatic heterocycles. The van der Waals surface area contributed by atoms with Gasteiger partial charge in [0.05, 0.1) is 16.1 Å². The minimum atomic E-state index is -0.461. The van der Waals surface area contributed by atoms with E-state index in [1.807, 2.05) is 43.3 Å². The van der Waals surface area contributed by atoms with Crippen molar-refractivity contribution in [3.8, 4) is 22.9 Å². The lowest BCUT2D eigenvalue weighted by molar-refractivity contribution is 0.225. The molecule has 2 heterocycles. The Morgan fingerprint density at radius 2 is 1.93 bits per heavy atom. The number of nitrogens with zero attached hydrogens (tertiary/aromatic N) is 3. The third-order valence-electron chi connectivity index (χ3n) is 4.13. The predicted molar refractivity (Wildman–Crippen MR) is 117 cm³/mol. The van der Waals surface area contributed by atoms with Gasteiger partial charge in [-0.2, -0.15) is 4.98 Å². The van der Waals surface area contributed by atoms with Gasteiger partial charge in [-0.25, -0.2) is 0 Å². The molecule has 0 spiro atoms. The van der Waals surface area contributed by atoms with Crippen molar-refractivity contribution >= 4 is 49.3 Å². The number of aromatic nitrogens is 3. The van der Waals surface area contributed by atoms with Crippen molar-refractivity contribution in [2.24, 2.45) is 0 Å². The van der Waals surface area contributed by atoms with Crippen LogP contribution in [0.5, 0.6) is 11.6 Å². The van der Waals surface area contributed by atoms with Gasteiger partial charge in [0.15, 0.2) is 11.9 Å². The van der Waals surface area contributed by atoms with Gasteiger partial charge in [0.2, 0.25) is 11.0 Å². The van der Waals surface area contributed by atoms with Crippen molar-refractivity contribution in [3.63, 3.8) is 0 Å². The molecule has 1 aromatic heterocycles. The first kappa shape index (κ1) is 19.5. The van der Waals surface area contributed by atoms with Crippen molar-refractivity contribution < 1.29 is 9.47 Å². The molecule has 9 heteroatoms. The van der Waals surface area contributed by atoms with Gasteiger partial charge in [-0.3, -0.25) is 0 Å². The van der Waals surface area contributed by atoms with E-state index in [4.69, 9.17) is 9.47 Å². The first-order valence-corrected chi connectivity index (χ1v) is 11.1. The molecule has 4 rings (SSSR count). The number of thioether (sulfide) groups is 1. The van der Waals surface area contributed by atoms with E-state index in [2.05, 4.69) is 52.4 Å². The van der Waals surface area contributed by atoms with Crippen LogP contribution >= 0.6 is 43.6 Å². The van der Waals surface area contributed by atoms with Gasteiger partial charge in [-0.05, 0) is 55.8 Å². The van der Waals surface area contributed by atoms with Crippen LogP contribution in [-0.4, -0.2) is 28.0 Å². The zero-order chi connectivity index (χ0) is 19.7. The molecule has 0 radical (unpaired) electrons. The van der Waals surface area contributed by atoms with E-state index in [9.17, 15) is 0 Å². The molecule has 0 aliphatic carbocycles. The second-order valence-corrected chi connectivity index (χ2v) is 8.83. The van der Waals surface area contributed by atoms with Crippen LogP contribution in [0, 0.1) is 0 Å². The van der Waals surface area contributed by atoms with E-state index in [-0.39, 0.29) is 0 Å². The fraction of sp³-hybridized carbons (Fsp3) is 0.211. The maximum atomic E-state index is 6.28. The Morgan fingerprint density at radius 3 is 2.64 bits per heavy atom. The molecule has 0 fully saturated rings. The zero-order valence-electron chi connectivity index (χ0n) is 15.1. The molecule has 0 bridgehead atoms. The Labute approximate surface area is 183 Å². The largest absolute Gasteiger partial charge is 0.494 e. The number of anilines is 1. The Morgan fingerprint density at radius 1 is 1.18 bits per heavy atom. The normalized spacial score (nSPS) is 14.9. The van der Waals surface area contributed by atoms with E-state index in [1.54, 1.807) is 7.11 Å². The lowest BCUT2D eigenvalue weighted by Crippen LogP contribution is -2.17. The number of ether oxygens (including phenoxy) is 2. The molecular formula is C19H16Br2N4O2S. The highest BCUT2D eigenvalue weighted by Crippen LogP contribution is 2.42. The average molecular weight is 524 g/mol. The highest BCUT2D eigenvalue weighted by Gasteiger charge is 2.27. The Kier molecular flexibility index (Phi) is 5.75. The molecule has 1 aliphatic rings. The van der Waals surface area contributed by atoms with Crippen LogP contribution in [-0.2, 0) is 0 Å². The smallest absolute Gasteiger partial charge is 0.247 e. The number of para-hydroxylation sites is 1. The quantitative estimate of drug-likeness (QED) is 0.440. The van der Waals surface area contributed by atoms with E-state index in [0.29, 0.717) is 16.7 Å². The highest BCUT2D eigenvalue weighted by molar-refractivity contribution is 9.11. The van der Waals surface area contributed by atoms with Gasteiger partial charge < -0.3 is 14.8 Å². The summed E-state index contributed by atoms with van der Waals surface area (Å²) >= 11 is 8.65. The van der Waals surface area contributed by atoms with Gasteiger partial charge in [0.25, 0.3) is 0 Å². The molecule has 0 saturated heterocycles. The van der Waals surface area contributed by atoms with Crippen LogP contribution < -0.4 is 14.8 Å². The number of fused-ring (bicyclic) bond motifs is 3. The monoisotopic (exact) mass is 522 g/mol. The lowest BCUT2D eigenvalue weighted by Gasteiger charge is -2.20. The van der Waals surface area contributed by atoms with Crippen molar-refractivity contribution in [1.82, 2.24) is 15.2 Å². The molecule has 144 valence electrons. The van der Waals surface area contributed by atoms with Crippen LogP contribution in [0.15, 0.2) is 50.5 Å². The standard InChI is InChI=1S/C19H16Br2N4O2S/c1-3-28-19-23-18-15(24-25-19)11-6-4-5-7-14(11)22-17(27-18)10-8-12(20)16(26-2)13(21)9-10/h4-9,17,22H,3H2,1-2H3/t17-/m1/s1. The molecule has 0 amide bonds. The maximum Gasteiger partial charge on any atom is 0.247 e. The minimum absolute atomic E-state index is 0.455. The molecule has 1 N–H and O–H groups in total. The number of hydrogen-bond acceptors (Lipinski definition) is 7. The number of nitrogens with one attached hydrogen (secondary N) is 1. The van der Waals surface area contributed by atoms with Gasteiger partial charge in [-0.15, -0.1) is 10.2 Å². The summed E-state index contributed by atoms with van der Waals surface area (Å²) in [7, 11) is 1.63. The van der Waals surface area contributed by atoms with Crippen LogP contribution in [0.2, 0.25) is 0 Å². The minimum Gasteiger partial charge on any atom is -0.494 e. The molecule has 28 heavy (non-hydrogen) atoms. The van der Waals surface area contributed by atoms with Crippen molar-refractivity contribution in [1.29, 1.82) is 0 Å². The van der Waals surface area contributed by atoms with Gasteiger partial charge in [-0.1, -0.05) is 36.9 Å². The van der Waals surface area contributed by atoms with Gasteiger partial charge in [0, 0.05) is 16.8 Å². The first-order chi connectivity index (χ1) is 13.6. The molecule has 1 atom stereocenters. The third kappa shape index (κ3) is 3.70. The zero-order valence-corrected chi connectivity index (χ0v) is 19.1. The number of halogens is 2. The topological polar surface area (TPSA) is 69.2 Å². The summed E-state index contributed by atoms with van der Waals surface area (Å²) in [5, 5.41) is 12.7. The van der Waals surface area contributed by atoms with Crippen LogP contribution in [0.25, 0.3) is 11.3 Å². The van der Waals surface area contributed by atoms with Gasteiger partial charge in [0.1, 0.15) is 5.75 Å². The summed E-state index contributed by atoms with van der Waals surface area (Å²) in [6.07, 6.45) is -0.461. The Bertz CT molecular complexity index is 1010. The lowest BCUT2D eigenvalue weighted by atomic mass is 10.1.